The molecule has 2 saturated carbocycles. The molecule has 0 radical (unpaired) electrons. The average Bonchev–Trinajstić information content (AvgIpc) is 3.21. The summed E-state index contributed by atoms with van der Waals surface area (Å²) in [6.07, 6.45) is 15.1. The zero-order chi connectivity index (χ0) is 19.1. The van der Waals surface area contributed by atoms with Gasteiger partial charge in [0.15, 0.2) is 0 Å². The molecule has 3 aliphatic rings. The second-order valence-corrected chi connectivity index (χ2v) is 9.91. The van der Waals surface area contributed by atoms with Crippen LogP contribution in [-0.2, 0) is 4.74 Å². The van der Waals surface area contributed by atoms with Crippen molar-refractivity contribution in [3.8, 4) is 0 Å². The van der Waals surface area contributed by atoms with Gasteiger partial charge in [0.2, 0.25) is 0 Å². The minimum Gasteiger partial charge on any atom is -0.472 e. The third-order valence-corrected chi connectivity index (χ3v) is 8.56. The summed E-state index contributed by atoms with van der Waals surface area (Å²) in [6.45, 7) is 8.06. The summed E-state index contributed by atoms with van der Waals surface area (Å²) in [6, 6.07) is 2.00. The molecule has 2 aliphatic carbocycles. The quantitative estimate of drug-likeness (QED) is 0.654. The summed E-state index contributed by atoms with van der Waals surface area (Å²) < 4.78 is 11.3. The van der Waals surface area contributed by atoms with Crippen molar-refractivity contribution in [1.29, 1.82) is 0 Å². The second kappa shape index (κ2) is 7.40. The van der Waals surface area contributed by atoms with E-state index in [4.69, 9.17) is 9.15 Å². The van der Waals surface area contributed by atoms with Crippen LogP contribution in [0.2, 0.25) is 0 Å². The van der Waals surface area contributed by atoms with E-state index in [1.54, 1.807) is 12.5 Å². The van der Waals surface area contributed by atoms with Crippen molar-refractivity contribution in [1.82, 2.24) is 0 Å². The SMILES string of the molecule is C[C@H]1CC[C@]2(C)[C@H](CCC[C@H]2O)[C@@]1(C)CCC1=CC[C@H](c2ccoc2)OC1. The Kier molecular flexibility index (Phi) is 5.28. The van der Waals surface area contributed by atoms with Crippen molar-refractivity contribution in [3.05, 3.63) is 35.8 Å². The molecule has 4 rings (SSSR count). The smallest absolute Gasteiger partial charge is 0.0960 e. The van der Waals surface area contributed by atoms with Crippen molar-refractivity contribution in [2.75, 3.05) is 6.61 Å². The fourth-order valence-corrected chi connectivity index (χ4v) is 6.36. The van der Waals surface area contributed by atoms with E-state index in [2.05, 4.69) is 26.8 Å². The van der Waals surface area contributed by atoms with Crippen LogP contribution >= 0.6 is 0 Å². The van der Waals surface area contributed by atoms with Crippen molar-refractivity contribution in [3.63, 3.8) is 0 Å². The van der Waals surface area contributed by atoms with E-state index >= 15 is 0 Å². The molecule has 0 saturated heterocycles. The number of aliphatic hydroxyl groups is 1. The molecule has 3 heteroatoms. The van der Waals surface area contributed by atoms with Gasteiger partial charge in [-0.3, -0.25) is 0 Å². The van der Waals surface area contributed by atoms with Crippen LogP contribution < -0.4 is 0 Å². The number of hydrogen-bond acceptors (Lipinski definition) is 3. The van der Waals surface area contributed by atoms with Gasteiger partial charge in [0.25, 0.3) is 0 Å². The largest absolute Gasteiger partial charge is 0.472 e. The van der Waals surface area contributed by atoms with E-state index in [9.17, 15) is 5.11 Å². The standard InChI is InChI=1S/C24H36O3/c1-17-9-12-24(3)21(5-4-6-22(24)25)23(17,2)13-10-18-7-8-20(27-15-18)19-11-14-26-16-19/h7,11,14,16-17,20-22,25H,4-6,8-10,12-13,15H2,1-3H3/t17-,20+,21+,22+,23-,24+/m0/s1. The topological polar surface area (TPSA) is 42.6 Å². The van der Waals surface area contributed by atoms with Crippen LogP contribution in [0.1, 0.15) is 83.8 Å². The predicted molar refractivity (Wildman–Crippen MR) is 107 cm³/mol. The van der Waals surface area contributed by atoms with Crippen LogP contribution in [0, 0.1) is 22.7 Å². The number of furan rings is 1. The third-order valence-electron chi connectivity index (χ3n) is 8.56. The van der Waals surface area contributed by atoms with Crippen LogP contribution in [0.25, 0.3) is 0 Å². The molecular weight excluding hydrogens is 336 g/mol. The van der Waals surface area contributed by atoms with E-state index in [0.29, 0.717) is 11.3 Å². The van der Waals surface area contributed by atoms with Crippen LogP contribution in [-0.4, -0.2) is 17.8 Å². The summed E-state index contributed by atoms with van der Waals surface area (Å²) in [5.41, 5.74) is 3.02. The Labute approximate surface area is 164 Å². The average molecular weight is 373 g/mol. The summed E-state index contributed by atoms with van der Waals surface area (Å²) in [7, 11) is 0. The maximum atomic E-state index is 10.8. The summed E-state index contributed by atoms with van der Waals surface area (Å²) in [5.74, 6) is 1.37. The first-order chi connectivity index (χ1) is 12.9. The molecule has 0 bridgehead atoms. The number of fused-ring (bicyclic) bond motifs is 1. The zero-order valence-electron chi connectivity index (χ0n) is 17.2. The summed E-state index contributed by atoms with van der Waals surface area (Å²) in [5, 5.41) is 10.8. The molecule has 6 atom stereocenters. The molecule has 1 aromatic heterocycles. The highest BCUT2D eigenvalue weighted by Crippen LogP contribution is 2.61. The van der Waals surface area contributed by atoms with Gasteiger partial charge in [-0.05, 0) is 79.3 Å². The first-order valence-electron chi connectivity index (χ1n) is 10.9. The first-order valence-corrected chi connectivity index (χ1v) is 10.9. The molecule has 1 aromatic rings. The van der Waals surface area contributed by atoms with E-state index in [-0.39, 0.29) is 17.6 Å². The minimum absolute atomic E-state index is 0.114. The summed E-state index contributed by atoms with van der Waals surface area (Å²) in [4.78, 5) is 0. The molecule has 0 amide bonds. The Morgan fingerprint density at radius 2 is 2.07 bits per heavy atom. The third kappa shape index (κ3) is 3.42. The Bertz CT molecular complexity index is 663. The number of hydrogen-bond donors (Lipinski definition) is 1. The highest BCUT2D eigenvalue weighted by molar-refractivity contribution is 5.16. The lowest BCUT2D eigenvalue weighted by atomic mass is 9.46. The minimum atomic E-state index is -0.115. The molecule has 1 aliphatic heterocycles. The van der Waals surface area contributed by atoms with Gasteiger partial charge in [-0.1, -0.05) is 33.3 Å². The van der Waals surface area contributed by atoms with Crippen molar-refractivity contribution in [2.24, 2.45) is 22.7 Å². The van der Waals surface area contributed by atoms with Crippen molar-refractivity contribution < 1.29 is 14.3 Å². The molecule has 2 heterocycles. The molecule has 2 fully saturated rings. The Balaban J connectivity index is 1.43. The van der Waals surface area contributed by atoms with Gasteiger partial charge >= 0.3 is 0 Å². The fourth-order valence-electron chi connectivity index (χ4n) is 6.36. The van der Waals surface area contributed by atoms with Gasteiger partial charge in [-0.2, -0.15) is 0 Å². The van der Waals surface area contributed by atoms with E-state index < -0.39 is 0 Å². The Morgan fingerprint density at radius 3 is 2.78 bits per heavy atom. The van der Waals surface area contributed by atoms with Gasteiger partial charge in [0.05, 0.1) is 31.3 Å². The lowest BCUT2D eigenvalue weighted by Gasteiger charge is -2.59. The van der Waals surface area contributed by atoms with Gasteiger partial charge in [0, 0.05) is 5.56 Å². The van der Waals surface area contributed by atoms with Crippen LogP contribution in [0.4, 0.5) is 0 Å². The maximum absolute atomic E-state index is 10.8. The fraction of sp³-hybridized carbons (Fsp3) is 0.750. The monoisotopic (exact) mass is 372 g/mol. The summed E-state index contributed by atoms with van der Waals surface area (Å²) >= 11 is 0. The number of rotatable bonds is 4. The van der Waals surface area contributed by atoms with Gasteiger partial charge in [-0.15, -0.1) is 0 Å². The molecule has 0 aromatic carbocycles. The Hall–Kier alpha value is -1.06. The molecule has 27 heavy (non-hydrogen) atoms. The maximum Gasteiger partial charge on any atom is 0.0960 e. The van der Waals surface area contributed by atoms with Crippen LogP contribution in [0.5, 0.6) is 0 Å². The molecule has 3 nitrogen and oxygen atoms in total. The Morgan fingerprint density at radius 1 is 1.22 bits per heavy atom. The first kappa shape index (κ1) is 19.3. The van der Waals surface area contributed by atoms with Gasteiger partial charge in [-0.25, -0.2) is 0 Å². The molecule has 150 valence electrons. The van der Waals surface area contributed by atoms with Crippen molar-refractivity contribution in [2.45, 2.75) is 84.3 Å². The lowest BCUT2D eigenvalue weighted by Crippen LogP contribution is -2.54. The molecular formula is C24H36O3. The van der Waals surface area contributed by atoms with E-state index in [1.165, 1.54) is 37.7 Å². The van der Waals surface area contributed by atoms with Crippen LogP contribution in [0.15, 0.2) is 34.7 Å². The van der Waals surface area contributed by atoms with Crippen LogP contribution in [0.3, 0.4) is 0 Å². The number of ether oxygens (including phenoxy) is 1. The van der Waals surface area contributed by atoms with Gasteiger partial charge in [0.1, 0.15) is 0 Å². The number of aliphatic hydroxyl groups excluding tert-OH is 1. The predicted octanol–water partition coefficient (Wildman–Crippen LogP) is 6.05. The lowest BCUT2D eigenvalue weighted by molar-refractivity contribution is -0.142. The highest BCUT2D eigenvalue weighted by atomic mass is 16.5. The molecule has 1 N–H and O–H groups in total. The normalized spacial score (nSPS) is 42.4. The zero-order valence-corrected chi connectivity index (χ0v) is 17.2. The van der Waals surface area contributed by atoms with Gasteiger partial charge < -0.3 is 14.3 Å². The van der Waals surface area contributed by atoms with E-state index in [1.807, 2.05) is 6.07 Å². The highest BCUT2D eigenvalue weighted by Gasteiger charge is 2.55. The second-order valence-electron chi connectivity index (χ2n) is 9.91. The molecule has 0 spiro atoms. The van der Waals surface area contributed by atoms with E-state index in [0.717, 1.165) is 37.4 Å². The van der Waals surface area contributed by atoms with Crippen molar-refractivity contribution >= 4 is 0 Å². The molecule has 0 unspecified atom stereocenters.